The molecule has 3 heterocycles. The maximum Gasteiger partial charge on any atom is 0.278 e. The average Bonchev–Trinajstić information content (AvgIpc) is 3.26. The van der Waals surface area contributed by atoms with Gasteiger partial charge in [-0.05, 0) is 56.9 Å². The molecule has 0 radical (unpaired) electrons. The molecule has 186 valence electrons. The van der Waals surface area contributed by atoms with E-state index in [1.807, 2.05) is 44.2 Å². The molecule has 4 aromatic rings. The van der Waals surface area contributed by atoms with Gasteiger partial charge in [0.25, 0.3) is 5.56 Å². The van der Waals surface area contributed by atoms with Crippen LogP contribution in [0.1, 0.15) is 41.9 Å². The Labute approximate surface area is 210 Å². The number of nitrogens with one attached hydrogen (secondary N) is 1. The molecule has 0 spiro atoms. The number of nitrogens with zero attached hydrogens (tertiary/aromatic N) is 5. The van der Waals surface area contributed by atoms with E-state index >= 15 is 0 Å². The quantitative estimate of drug-likeness (QED) is 0.407. The van der Waals surface area contributed by atoms with Crippen LogP contribution in [0.25, 0.3) is 16.6 Å². The summed E-state index contributed by atoms with van der Waals surface area (Å²) in [5.41, 5.74) is 5.32. The van der Waals surface area contributed by atoms with Gasteiger partial charge in [0.05, 0.1) is 22.5 Å². The molecule has 1 N–H and O–H groups in total. The van der Waals surface area contributed by atoms with E-state index in [1.165, 1.54) is 15.8 Å². The van der Waals surface area contributed by atoms with E-state index in [1.54, 1.807) is 11.6 Å². The second-order valence-corrected chi connectivity index (χ2v) is 9.51. The van der Waals surface area contributed by atoms with Crippen molar-refractivity contribution in [1.82, 2.24) is 29.8 Å². The van der Waals surface area contributed by atoms with Gasteiger partial charge in [-0.15, -0.1) is 0 Å². The van der Waals surface area contributed by atoms with Gasteiger partial charge in [-0.1, -0.05) is 42.5 Å². The molecule has 2 aromatic carbocycles. The van der Waals surface area contributed by atoms with E-state index in [4.69, 9.17) is 0 Å². The van der Waals surface area contributed by atoms with E-state index < -0.39 is 6.04 Å². The molecule has 0 fully saturated rings. The number of carbonyl (C=O) groups is 1. The number of amides is 1. The predicted molar refractivity (Wildman–Crippen MR) is 140 cm³/mol. The van der Waals surface area contributed by atoms with Crippen LogP contribution >= 0.6 is 0 Å². The molecule has 8 nitrogen and oxygen atoms in total. The Morgan fingerprint density at radius 2 is 1.75 bits per heavy atom. The fourth-order valence-electron chi connectivity index (χ4n) is 4.98. The first-order valence-electron chi connectivity index (χ1n) is 12.5. The normalized spacial score (nSPS) is 14.5. The Hall–Kier alpha value is -3.78. The zero-order chi connectivity index (χ0) is 25.2. The summed E-state index contributed by atoms with van der Waals surface area (Å²) in [6.07, 6.45) is 1.92. The fraction of sp³-hybridized carbons (Fsp3) is 0.357. The molecule has 2 aromatic heterocycles. The molecule has 0 saturated carbocycles. The van der Waals surface area contributed by atoms with E-state index in [0.29, 0.717) is 23.1 Å². The van der Waals surface area contributed by atoms with Gasteiger partial charge in [-0.2, -0.15) is 10.2 Å². The molecule has 0 aliphatic carbocycles. The number of carbonyl (C=O) groups excluding carboxylic acids is 1. The summed E-state index contributed by atoms with van der Waals surface area (Å²) in [7, 11) is 0. The molecule has 0 saturated heterocycles. The zero-order valence-corrected chi connectivity index (χ0v) is 21.1. The summed E-state index contributed by atoms with van der Waals surface area (Å²) in [6, 6.07) is 17.6. The number of benzene rings is 2. The van der Waals surface area contributed by atoms with Gasteiger partial charge in [-0.25, -0.2) is 9.36 Å². The van der Waals surface area contributed by atoms with Crippen LogP contribution in [-0.2, 0) is 17.8 Å². The van der Waals surface area contributed by atoms with E-state index in [9.17, 15) is 9.59 Å². The van der Waals surface area contributed by atoms with Crippen LogP contribution in [0.3, 0.4) is 0 Å². The van der Waals surface area contributed by atoms with Crippen molar-refractivity contribution in [2.75, 3.05) is 19.6 Å². The van der Waals surface area contributed by atoms with Crippen LogP contribution in [0.5, 0.6) is 0 Å². The zero-order valence-electron chi connectivity index (χ0n) is 21.1. The first-order valence-corrected chi connectivity index (χ1v) is 12.5. The molecule has 1 amide bonds. The number of hydrogen-bond donors (Lipinski definition) is 1. The highest BCUT2D eigenvalue weighted by molar-refractivity contribution is 5.84. The lowest BCUT2D eigenvalue weighted by Gasteiger charge is -2.28. The van der Waals surface area contributed by atoms with Crippen LogP contribution in [-0.4, -0.2) is 50.0 Å². The van der Waals surface area contributed by atoms with Gasteiger partial charge in [-0.3, -0.25) is 14.5 Å². The lowest BCUT2D eigenvalue weighted by molar-refractivity contribution is -0.124. The number of hydrogen-bond acceptors (Lipinski definition) is 5. The monoisotopic (exact) mass is 484 g/mol. The Balaban J connectivity index is 1.25. The molecular weight excluding hydrogens is 452 g/mol. The molecule has 1 aliphatic rings. The third-order valence-electron chi connectivity index (χ3n) is 7.05. The minimum absolute atomic E-state index is 0.208. The van der Waals surface area contributed by atoms with Crippen LogP contribution in [0, 0.1) is 13.8 Å². The fourth-order valence-corrected chi connectivity index (χ4v) is 4.98. The number of fused-ring (bicyclic) bond motifs is 2. The highest BCUT2D eigenvalue weighted by atomic mass is 16.2. The third kappa shape index (κ3) is 4.56. The molecule has 8 heteroatoms. The van der Waals surface area contributed by atoms with Crippen molar-refractivity contribution in [1.29, 1.82) is 0 Å². The van der Waals surface area contributed by atoms with Gasteiger partial charge < -0.3 is 5.32 Å². The van der Waals surface area contributed by atoms with E-state index in [-0.39, 0.29) is 11.5 Å². The van der Waals surface area contributed by atoms with Crippen molar-refractivity contribution < 1.29 is 4.79 Å². The van der Waals surface area contributed by atoms with Crippen molar-refractivity contribution in [3.63, 3.8) is 0 Å². The third-order valence-corrected chi connectivity index (χ3v) is 7.05. The highest BCUT2D eigenvalue weighted by Gasteiger charge is 2.23. The van der Waals surface area contributed by atoms with Gasteiger partial charge in [0.15, 0.2) is 0 Å². The topological polar surface area (TPSA) is 85.0 Å². The minimum Gasteiger partial charge on any atom is -0.354 e. The number of aryl methyl sites for hydroxylation is 2. The van der Waals surface area contributed by atoms with Crippen LogP contribution < -0.4 is 10.9 Å². The van der Waals surface area contributed by atoms with Crippen molar-refractivity contribution in [3.8, 4) is 5.69 Å². The van der Waals surface area contributed by atoms with E-state index in [2.05, 4.69) is 44.7 Å². The standard InChI is InChI=1S/C28H32N6O2/c1-19-26-25(20(2)33(31-26)24-12-5-4-6-13-24)28(36)34(30-19)21(3)27(35)29-15-9-16-32-17-14-22-10-7-8-11-23(22)18-32/h4-8,10-13,21H,9,14-18H2,1-3H3,(H,29,35). The van der Waals surface area contributed by atoms with Crippen molar-refractivity contribution in [2.24, 2.45) is 0 Å². The first-order chi connectivity index (χ1) is 17.4. The Kier molecular flexibility index (Phi) is 6.69. The van der Waals surface area contributed by atoms with Crippen LogP contribution in [0.4, 0.5) is 0 Å². The molecule has 0 bridgehead atoms. The van der Waals surface area contributed by atoms with Crippen molar-refractivity contribution >= 4 is 16.8 Å². The number of rotatable bonds is 7. The molecule has 36 heavy (non-hydrogen) atoms. The molecular formula is C28H32N6O2. The smallest absolute Gasteiger partial charge is 0.278 e. The summed E-state index contributed by atoms with van der Waals surface area (Å²) in [5, 5.41) is 12.6. The Morgan fingerprint density at radius 3 is 2.53 bits per heavy atom. The predicted octanol–water partition coefficient (Wildman–Crippen LogP) is 3.32. The van der Waals surface area contributed by atoms with Gasteiger partial charge in [0.2, 0.25) is 5.91 Å². The van der Waals surface area contributed by atoms with Crippen LogP contribution in [0.2, 0.25) is 0 Å². The highest BCUT2D eigenvalue weighted by Crippen LogP contribution is 2.21. The molecule has 1 atom stereocenters. The lowest BCUT2D eigenvalue weighted by Crippen LogP contribution is -2.39. The van der Waals surface area contributed by atoms with Gasteiger partial charge in [0.1, 0.15) is 11.6 Å². The van der Waals surface area contributed by atoms with Gasteiger partial charge >= 0.3 is 0 Å². The summed E-state index contributed by atoms with van der Waals surface area (Å²) >= 11 is 0. The van der Waals surface area contributed by atoms with Crippen molar-refractivity contribution in [3.05, 3.63) is 87.5 Å². The van der Waals surface area contributed by atoms with E-state index in [0.717, 1.165) is 43.9 Å². The second-order valence-electron chi connectivity index (χ2n) is 9.51. The van der Waals surface area contributed by atoms with Gasteiger partial charge in [0, 0.05) is 26.2 Å². The summed E-state index contributed by atoms with van der Waals surface area (Å²) in [4.78, 5) is 28.7. The summed E-state index contributed by atoms with van der Waals surface area (Å²) in [6.45, 7) is 8.88. The maximum absolute atomic E-state index is 13.4. The average molecular weight is 485 g/mol. The van der Waals surface area contributed by atoms with Crippen LogP contribution in [0.15, 0.2) is 59.4 Å². The van der Waals surface area contributed by atoms with Crippen molar-refractivity contribution in [2.45, 2.75) is 46.2 Å². The minimum atomic E-state index is -0.720. The Bertz CT molecular complexity index is 1460. The molecule has 5 rings (SSSR count). The SMILES string of the molecule is Cc1nn(C(C)C(=O)NCCCN2CCc3ccccc3C2)c(=O)c2c(C)n(-c3ccccc3)nc12. The summed E-state index contributed by atoms with van der Waals surface area (Å²) < 4.78 is 3.05. The number of para-hydroxylation sites is 1. The lowest BCUT2D eigenvalue weighted by atomic mass is 10.00. The first kappa shape index (κ1) is 23.9. The summed E-state index contributed by atoms with van der Waals surface area (Å²) in [5.74, 6) is -0.208. The maximum atomic E-state index is 13.4. The largest absolute Gasteiger partial charge is 0.354 e. The number of aromatic nitrogens is 4. The Morgan fingerprint density at radius 1 is 1.03 bits per heavy atom. The molecule has 1 unspecified atom stereocenters. The second kappa shape index (κ2) is 10.1. The molecule has 1 aliphatic heterocycles.